The second-order valence-corrected chi connectivity index (χ2v) is 6.37. The lowest BCUT2D eigenvalue weighted by Crippen LogP contribution is -2.36. The van der Waals surface area contributed by atoms with Crippen molar-refractivity contribution in [1.29, 1.82) is 0 Å². The number of aliphatic hydroxyl groups is 1. The maximum Gasteiger partial charge on any atom is 0.315 e. The fraction of sp³-hybridized carbons (Fsp3) is 0.278. The van der Waals surface area contributed by atoms with Gasteiger partial charge in [-0.25, -0.2) is 4.79 Å². The lowest BCUT2D eigenvalue weighted by Gasteiger charge is -2.10. The summed E-state index contributed by atoms with van der Waals surface area (Å²) in [6, 6.07) is 15.7. The molecular weight excluding hydrogens is 308 g/mol. The molecule has 0 saturated heterocycles. The smallest absolute Gasteiger partial charge is 0.315 e. The lowest BCUT2D eigenvalue weighted by atomic mass is 10.1. The van der Waals surface area contributed by atoms with Crippen molar-refractivity contribution in [3.05, 3.63) is 65.2 Å². The van der Waals surface area contributed by atoms with Crippen LogP contribution in [-0.4, -0.2) is 23.4 Å². The molecule has 2 aromatic rings. The monoisotopic (exact) mass is 330 g/mol. The topological polar surface area (TPSA) is 61.4 Å². The van der Waals surface area contributed by atoms with Gasteiger partial charge in [0.15, 0.2) is 0 Å². The Hall–Kier alpha value is -1.98. The highest BCUT2D eigenvalue weighted by molar-refractivity contribution is 7.99. The second-order valence-electron chi connectivity index (χ2n) is 5.20. The van der Waals surface area contributed by atoms with E-state index < -0.39 is 0 Å². The quantitative estimate of drug-likeness (QED) is 0.540. The number of thioether (sulfide) groups is 1. The molecule has 3 N–H and O–H groups in total. The fourth-order valence-electron chi connectivity index (χ4n) is 2.09. The summed E-state index contributed by atoms with van der Waals surface area (Å²) in [5, 5.41) is 14.9. The molecule has 5 heteroatoms. The van der Waals surface area contributed by atoms with Crippen LogP contribution in [0.4, 0.5) is 4.79 Å². The van der Waals surface area contributed by atoms with Gasteiger partial charge in [0.05, 0.1) is 6.61 Å². The van der Waals surface area contributed by atoms with E-state index >= 15 is 0 Å². The Bertz CT molecular complexity index is 629. The summed E-state index contributed by atoms with van der Waals surface area (Å²) in [5.74, 6) is 0.823. The van der Waals surface area contributed by atoms with Crippen LogP contribution >= 0.6 is 11.8 Å². The number of urea groups is 1. The molecule has 2 aromatic carbocycles. The summed E-state index contributed by atoms with van der Waals surface area (Å²) in [7, 11) is 0. The van der Waals surface area contributed by atoms with E-state index in [-0.39, 0.29) is 12.6 Å². The van der Waals surface area contributed by atoms with Crippen LogP contribution in [0.25, 0.3) is 0 Å². The van der Waals surface area contributed by atoms with Gasteiger partial charge in [0.25, 0.3) is 0 Å². The largest absolute Gasteiger partial charge is 0.392 e. The third-order valence-corrected chi connectivity index (χ3v) is 4.42. The number of nitrogens with one attached hydrogen (secondary N) is 2. The first-order valence-electron chi connectivity index (χ1n) is 7.58. The third-order valence-electron chi connectivity index (χ3n) is 3.41. The van der Waals surface area contributed by atoms with Crippen molar-refractivity contribution in [2.24, 2.45) is 0 Å². The van der Waals surface area contributed by atoms with E-state index in [9.17, 15) is 9.90 Å². The molecule has 4 nitrogen and oxygen atoms in total. The van der Waals surface area contributed by atoms with Crippen LogP contribution in [-0.2, 0) is 13.2 Å². The molecule has 0 fully saturated rings. The van der Waals surface area contributed by atoms with E-state index in [0.29, 0.717) is 13.1 Å². The molecule has 0 heterocycles. The Kier molecular flexibility index (Phi) is 6.97. The summed E-state index contributed by atoms with van der Waals surface area (Å²) >= 11 is 1.72. The molecule has 0 aliphatic rings. The van der Waals surface area contributed by atoms with Crippen molar-refractivity contribution in [2.45, 2.75) is 25.0 Å². The molecule has 0 spiro atoms. The van der Waals surface area contributed by atoms with Gasteiger partial charge in [-0.3, -0.25) is 0 Å². The molecule has 0 aliphatic heterocycles. The minimum absolute atomic E-state index is 0.0212. The van der Waals surface area contributed by atoms with Crippen LogP contribution in [0.3, 0.4) is 0 Å². The maximum absolute atomic E-state index is 11.8. The average molecular weight is 330 g/mol. The Morgan fingerprint density at radius 2 is 1.74 bits per heavy atom. The number of aryl methyl sites for hydroxylation is 1. The molecule has 23 heavy (non-hydrogen) atoms. The van der Waals surface area contributed by atoms with Crippen LogP contribution in [0.5, 0.6) is 0 Å². The minimum atomic E-state index is -0.192. The first-order chi connectivity index (χ1) is 11.2. The van der Waals surface area contributed by atoms with E-state index in [2.05, 4.69) is 41.8 Å². The molecule has 0 radical (unpaired) electrons. The van der Waals surface area contributed by atoms with Gasteiger partial charge in [-0.2, -0.15) is 0 Å². The van der Waals surface area contributed by atoms with Crippen LogP contribution in [0.2, 0.25) is 0 Å². The summed E-state index contributed by atoms with van der Waals surface area (Å²) in [6.45, 7) is 3.06. The summed E-state index contributed by atoms with van der Waals surface area (Å²) in [5.41, 5.74) is 3.01. The number of carbonyl (C=O) groups is 1. The normalized spacial score (nSPS) is 10.3. The molecule has 0 atom stereocenters. The molecular formula is C18H22N2O2S. The fourth-order valence-corrected chi connectivity index (χ4v) is 2.86. The molecule has 0 aromatic heterocycles. The minimum Gasteiger partial charge on any atom is -0.392 e. The highest BCUT2D eigenvalue weighted by Gasteiger charge is 2.03. The van der Waals surface area contributed by atoms with Gasteiger partial charge in [-0.15, -0.1) is 11.8 Å². The summed E-state index contributed by atoms with van der Waals surface area (Å²) < 4.78 is 0. The highest BCUT2D eigenvalue weighted by Crippen LogP contribution is 2.17. The average Bonchev–Trinajstić information content (AvgIpc) is 2.58. The lowest BCUT2D eigenvalue weighted by molar-refractivity contribution is 0.241. The third kappa shape index (κ3) is 5.96. The molecule has 0 aliphatic carbocycles. The van der Waals surface area contributed by atoms with E-state index in [4.69, 9.17) is 0 Å². The van der Waals surface area contributed by atoms with E-state index in [1.54, 1.807) is 11.8 Å². The Morgan fingerprint density at radius 3 is 2.43 bits per heavy atom. The van der Waals surface area contributed by atoms with Gasteiger partial charge in [0, 0.05) is 23.7 Å². The van der Waals surface area contributed by atoms with Gasteiger partial charge in [-0.1, -0.05) is 42.0 Å². The van der Waals surface area contributed by atoms with Crippen LogP contribution < -0.4 is 10.6 Å². The molecule has 0 bridgehead atoms. The predicted octanol–water partition coefficient (Wildman–Crippen LogP) is 3.08. The first kappa shape index (κ1) is 17.4. The second kappa shape index (κ2) is 9.22. The van der Waals surface area contributed by atoms with Crippen molar-refractivity contribution in [3.63, 3.8) is 0 Å². The zero-order chi connectivity index (χ0) is 16.5. The van der Waals surface area contributed by atoms with Gasteiger partial charge < -0.3 is 15.7 Å². The van der Waals surface area contributed by atoms with Crippen LogP contribution in [0, 0.1) is 6.92 Å². The van der Waals surface area contributed by atoms with E-state index in [0.717, 1.165) is 16.9 Å². The van der Waals surface area contributed by atoms with Crippen molar-refractivity contribution >= 4 is 17.8 Å². The Balaban J connectivity index is 1.66. The van der Waals surface area contributed by atoms with Crippen molar-refractivity contribution in [3.8, 4) is 0 Å². The first-order valence-corrected chi connectivity index (χ1v) is 8.56. The number of amides is 2. The zero-order valence-corrected chi connectivity index (χ0v) is 14.0. The number of benzene rings is 2. The van der Waals surface area contributed by atoms with E-state index in [1.807, 2.05) is 24.3 Å². The predicted molar refractivity (Wildman–Crippen MR) is 94.5 cm³/mol. The summed E-state index contributed by atoms with van der Waals surface area (Å²) in [4.78, 5) is 13.0. The van der Waals surface area contributed by atoms with Crippen LogP contribution in [0.15, 0.2) is 53.4 Å². The van der Waals surface area contributed by atoms with Crippen molar-refractivity contribution < 1.29 is 9.90 Å². The number of aliphatic hydroxyl groups excluding tert-OH is 1. The maximum atomic E-state index is 11.8. The molecule has 122 valence electrons. The highest BCUT2D eigenvalue weighted by atomic mass is 32.2. The molecule has 0 unspecified atom stereocenters. The van der Waals surface area contributed by atoms with Gasteiger partial charge in [0.1, 0.15) is 0 Å². The molecule has 2 rings (SSSR count). The molecule has 0 saturated carbocycles. The van der Waals surface area contributed by atoms with Gasteiger partial charge >= 0.3 is 6.03 Å². The standard InChI is InChI=1S/C18H22N2O2S/c1-14-6-8-17(9-7-14)23-11-10-19-18(22)20-12-15-4-2-3-5-16(15)13-21/h2-9,21H,10-13H2,1H3,(H2,19,20,22). The number of hydrogen-bond acceptors (Lipinski definition) is 3. The number of hydrogen-bond donors (Lipinski definition) is 3. The van der Waals surface area contributed by atoms with Crippen molar-refractivity contribution in [1.82, 2.24) is 10.6 Å². The molecule has 2 amide bonds. The van der Waals surface area contributed by atoms with Crippen LogP contribution in [0.1, 0.15) is 16.7 Å². The Labute approximate surface area is 141 Å². The SMILES string of the molecule is Cc1ccc(SCCNC(=O)NCc2ccccc2CO)cc1. The zero-order valence-electron chi connectivity index (χ0n) is 13.2. The number of carbonyl (C=O) groups excluding carboxylic acids is 1. The summed E-state index contributed by atoms with van der Waals surface area (Å²) in [6.07, 6.45) is 0. The van der Waals surface area contributed by atoms with E-state index in [1.165, 1.54) is 10.5 Å². The number of rotatable bonds is 7. The van der Waals surface area contributed by atoms with Gasteiger partial charge in [-0.05, 0) is 30.2 Å². The Morgan fingerprint density at radius 1 is 1.04 bits per heavy atom. The van der Waals surface area contributed by atoms with Gasteiger partial charge in [0.2, 0.25) is 0 Å². The van der Waals surface area contributed by atoms with Crippen molar-refractivity contribution in [2.75, 3.05) is 12.3 Å².